The van der Waals surface area contributed by atoms with Crippen LogP contribution in [0.2, 0.25) is 0 Å². The first-order valence-electron chi connectivity index (χ1n) is 13.0. The van der Waals surface area contributed by atoms with Gasteiger partial charge in [0.2, 0.25) is 10.0 Å². The Bertz CT molecular complexity index is 1500. The highest BCUT2D eigenvalue weighted by atomic mass is 32.2. The maximum Gasteiger partial charge on any atom is 0.335 e. The number of carboxylic acids is 1. The number of aromatic carboxylic acids is 1. The smallest absolute Gasteiger partial charge is 0.335 e. The molecule has 38 heavy (non-hydrogen) atoms. The molecule has 8 heteroatoms. The number of fused-ring (bicyclic) bond motifs is 4. The van der Waals surface area contributed by atoms with E-state index in [1.54, 1.807) is 31.3 Å². The van der Waals surface area contributed by atoms with Crippen LogP contribution in [0.5, 0.6) is 5.75 Å². The van der Waals surface area contributed by atoms with Gasteiger partial charge in [0, 0.05) is 35.3 Å². The highest BCUT2D eigenvalue weighted by Gasteiger charge is 2.43. The number of hydrogen-bond acceptors (Lipinski definition) is 5. The highest BCUT2D eigenvalue weighted by molar-refractivity contribution is 7.89. The minimum Gasteiger partial charge on any atom is -0.484 e. The average molecular weight is 535 g/mol. The summed E-state index contributed by atoms with van der Waals surface area (Å²) in [6.45, 7) is 8.32. The van der Waals surface area contributed by atoms with Crippen LogP contribution in [0.1, 0.15) is 69.0 Å². The molecule has 0 saturated carbocycles. The molecule has 7 nitrogen and oxygen atoms in total. The molecule has 0 bridgehead atoms. The zero-order valence-corrected chi connectivity index (χ0v) is 23.2. The quantitative estimate of drug-likeness (QED) is 0.386. The molecule has 200 valence electrons. The van der Waals surface area contributed by atoms with Gasteiger partial charge >= 0.3 is 5.97 Å². The number of sulfonamides is 1. The van der Waals surface area contributed by atoms with Crippen molar-refractivity contribution in [2.45, 2.75) is 64.1 Å². The molecule has 0 unspecified atom stereocenters. The Morgan fingerprint density at radius 3 is 2.37 bits per heavy atom. The molecule has 2 aliphatic rings. The monoisotopic (exact) mass is 534 g/mol. The zero-order chi connectivity index (χ0) is 27.4. The summed E-state index contributed by atoms with van der Waals surface area (Å²) < 4.78 is 35.9. The van der Waals surface area contributed by atoms with Gasteiger partial charge in [0.25, 0.3) is 0 Å². The molecule has 2 aliphatic heterocycles. The molecule has 0 spiro atoms. The van der Waals surface area contributed by atoms with Gasteiger partial charge in [-0.05, 0) is 42.3 Å². The number of carbonyl (C=O) groups is 1. The van der Waals surface area contributed by atoms with Gasteiger partial charge in [-0.3, -0.25) is 0 Å². The standard InChI is InChI=1S/C30H34N2O5S/c1-6-7-13-27-31(5)38(35,36)26-17-23-22-16-19(29(33)34)14-15-21(22)28(30(2,3)4)37-25(23)18-24(26)32(27)20-11-9-8-10-12-20/h8-12,14-18,27-28H,6-7,13H2,1-5H3,(H,33,34)/t27-,28-/m0/s1. The third-order valence-electron chi connectivity index (χ3n) is 7.45. The number of nitrogens with zero attached hydrogens (tertiary/aromatic N) is 2. The van der Waals surface area contributed by atoms with Gasteiger partial charge in [-0.25, -0.2) is 13.2 Å². The van der Waals surface area contributed by atoms with E-state index >= 15 is 0 Å². The van der Waals surface area contributed by atoms with E-state index in [2.05, 4.69) is 32.6 Å². The Labute approximate surface area is 224 Å². The van der Waals surface area contributed by atoms with Crippen molar-refractivity contribution in [3.8, 4) is 16.9 Å². The molecule has 0 radical (unpaired) electrons. The molecule has 0 aromatic heterocycles. The van der Waals surface area contributed by atoms with Gasteiger partial charge in [-0.2, -0.15) is 4.31 Å². The molecule has 2 atom stereocenters. The lowest BCUT2D eigenvalue weighted by Gasteiger charge is -2.45. The van der Waals surface area contributed by atoms with Crippen molar-refractivity contribution < 1.29 is 23.1 Å². The lowest BCUT2D eigenvalue weighted by molar-refractivity contribution is 0.0695. The normalized spacial score (nSPS) is 20.2. The Hall–Kier alpha value is -3.36. The fraction of sp³-hybridized carbons (Fsp3) is 0.367. The van der Waals surface area contributed by atoms with Crippen molar-refractivity contribution in [2.24, 2.45) is 5.41 Å². The van der Waals surface area contributed by atoms with Gasteiger partial charge in [-0.1, -0.05) is 64.8 Å². The van der Waals surface area contributed by atoms with E-state index in [-0.39, 0.29) is 28.1 Å². The first-order valence-corrected chi connectivity index (χ1v) is 14.4. The Balaban J connectivity index is 1.79. The van der Waals surface area contributed by atoms with E-state index in [9.17, 15) is 18.3 Å². The van der Waals surface area contributed by atoms with Crippen LogP contribution in [0.25, 0.3) is 11.1 Å². The van der Waals surface area contributed by atoms with Crippen molar-refractivity contribution in [1.29, 1.82) is 0 Å². The van der Waals surface area contributed by atoms with Crippen LogP contribution in [-0.2, 0) is 10.0 Å². The second-order valence-electron chi connectivity index (χ2n) is 11.1. The first-order chi connectivity index (χ1) is 17.9. The predicted octanol–water partition coefficient (Wildman–Crippen LogP) is 6.82. The van der Waals surface area contributed by atoms with E-state index < -0.39 is 16.0 Å². The SMILES string of the molecule is CCCC[C@@H]1N(c2ccccc2)c2cc3c(cc2S(=O)(=O)N1C)-c1cc(C(=O)O)ccc1[C@@H](C(C)(C)C)O3. The molecule has 1 N–H and O–H groups in total. The summed E-state index contributed by atoms with van der Waals surface area (Å²) in [5, 5.41) is 9.69. The molecule has 5 rings (SSSR count). The van der Waals surface area contributed by atoms with Crippen molar-refractivity contribution in [3.05, 3.63) is 71.8 Å². The predicted molar refractivity (Wildman–Crippen MR) is 149 cm³/mol. The molecule has 0 fully saturated rings. The molecule has 0 aliphatic carbocycles. The van der Waals surface area contributed by atoms with Crippen LogP contribution in [-0.4, -0.2) is 37.0 Å². The van der Waals surface area contributed by atoms with Gasteiger partial charge in [0.15, 0.2) is 0 Å². The van der Waals surface area contributed by atoms with Crippen LogP contribution < -0.4 is 9.64 Å². The van der Waals surface area contributed by atoms with Crippen LogP contribution >= 0.6 is 0 Å². The number of ether oxygens (including phenoxy) is 1. The van der Waals surface area contributed by atoms with Crippen LogP contribution in [0.3, 0.4) is 0 Å². The summed E-state index contributed by atoms with van der Waals surface area (Å²) in [5.74, 6) is -0.485. The second kappa shape index (κ2) is 9.43. The van der Waals surface area contributed by atoms with Crippen molar-refractivity contribution in [3.63, 3.8) is 0 Å². The summed E-state index contributed by atoms with van der Waals surface area (Å²) in [6.07, 6.45) is 1.77. The van der Waals surface area contributed by atoms with E-state index in [1.165, 1.54) is 4.31 Å². The van der Waals surface area contributed by atoms with E-state index in [0.717, 1.165) is 24.1 Å². The maximum absolute atomic E-state index is 13.9. The van der Waals surface area contributed by atoms with Crippen LogP contribution in [0.4, 0.5) is 11.4 Å². The number of rotatable bonds is 5. The molecular weight excluding hydrogens is 500 g/mol. The topological polar surface area (TPSA) is 87.2 Å². The minimum absolute atomic E-state index is 0.146. The first kappa shape index (κ1) is 26.3. The molecule has 3 aromatic carbocycles. The Morgan fingerprint density at radius 1 is 1.03 bits per heavy atom. The number of para-hydroxylation sites is 1. The van der Waals surface area contributed by atoms with Crippen molar-refractivity contribution in [2.75, 3.05) is 11.9 Å². The number of unbranched alkanes of at least 4 members (excludes halogenated alkanes) is 1. The Morgan fingerprint density at radius 2 is 1.74 bits per heavy atom. The zero-order valence-electron chi connectivity index (χ0n) is 22.4. The van der Waals surface area contributed by atoms with Gasteiger partial charge in [-0.15, -0.1) is 0 Å². The number of hydrogen-bond donors (Lipinski definition) is 1. The lowest BCUT2D eigenvalue weighted by Crippen LogP contribution is -2.51. The van der Waals surface area contributed by atoms with Gasteiger partial charge < -0.3 is 14.7 Å². The van der Waals surface area contributed by atoms with E-state index in [4.69, 9.17) is 4.74 Å². The summed E-state index contributed by atoms with van der Waals surface area (Å²) in [5.41, 5.74) is 3.44. The molecule has 2 heterocycles. The number of carboxylic acid groups (broad SMARTS) is 1. The third kappa shape index (κ3) is 4.25. The summed E-state index contributed by atoms with van der Waals surface area (Å²) in [7, 11) is -2.19. The lowest BCUT2D eigenvalue weighted by atomic mass is 9.79. The van der Waals surface area contributed by atoms with Crippen molar-refractivity contribution in [1.82, 2.24) is 4.31 Å². The van der Waals surface area contributed by atoms with Gasteiger partial charge in [0.1, 0.15) is 22.9 Å². The molecular formula is C30H34N2O5S. The largest absolute Gasteiger partial charge is 0.484 e. The Kier molecular flexibility index (Phi) is 6.52. The fourth-order valence-corrected chi connectivity index (χ4v) is 6.99. The summed E-state index contributed by atoms with van der Waals surface area (Å²) in [4.78, 5) is 14.1. The maximum atomic E-state index is 13.9. The second-order valence-corrected chi connectivity index (χ2v) is 13.1. The molecule has 3 aromatic rings. The van der Waals surface area contributed by atoms with Gasteiger partial charge in [0.05, 0.1) is 11.3 Å². The van der Waals surface area contributed by atoms with Crippen LogP contribution in [0.15, 0.2) is 65.6 Å². The molecule has 0 amide bonds. The van der Waals surface area contributed by atoms with E-state index in [0.29, 0.717) is 29.0 Å². The minimum atomic E-state index is -3.83. The summed E-state index contributed by atoms with van der Waals surface area (Å²) >= 11 is 0. The van der Waals surface area contributed by atoms with Crippen molar-refractivity contribution >= 4 is 27.4 Å². The third-order valence-corrected chi connectivity index (χ3v) is 9.33. The average Bonchev–Trinajstić information content (AvgIpc) is 2.88. The highest BCUT2D eigenvalue weighted by Crippen LogP contribution is 2.53. The van der Waals surface area contributed by atoms with Crippen LogP contribution in [0, 0.1) is 5.41 Å². The molecule has 0 saturated heterocycles. The van der Waals surface area contributed by atoms with E-state index in [1.807, 2.05) is 36.4 Å². The fourth-order valence-electron chi connectivity index (χ4n) is 5.47. The summed E-state index contributed by atoms with van der Waals surface area (Å²) in [6, 6.07) is 18.3. The number of anilines is 2. The number of benzene rings is 3.